The van der Waals surface area contributed by atoms with Crippen LogP contribution in [0.15, 0.2) is 30.6 Å². The maximum absolute atomic E-state index is 12.3. The molecule has 110 valence electrons. The molecule has 2 heterocycles. The first-order valence-corrected chi connectivity index (χ1v) is 6.74. The highest BCUT2D eigenvalue weighted by Crippen LogP contribution is 2.26. The van der Waals surface area contributed by atoms with Crippen molar-refractivity contribution in [1.29, 1.82) is 0 Å². The van der Waals surface area contributed by atoms with Gasteiger partial charge >= 0.3 is 0 Å². The number of ether oxygens (including phenoxy) is 1. The molecule has 1 aliphatic rings. The van der Waals surface area contributed by atoms with Gasteiger partial charge in [0.25, 0.3) is 0 Å². The molecule has 1 aliphatic heterocycles. The van der Waals surface area contributed by atoms with Gasteiger partial charge in [-0.2, -0.15) is 0 Å². The first-order valence-electron chi connectivity index (χ1n) is 6.74. The number of carbonyl (C=O) groups is 1. The number of aryl methyl sites for hydroxylation is 1. The van der Waals surface area contributed by atoms with Crippen molar-refractivity contribution in [2.75, 3.05) is 18.5 Å². The van der Waals surface area contributed by atoms with Crippen LogP contribution in [0.5, 0.6) is 0 Å². The van der Waals surface area contributed by atoms with Crippen molar-refractivity contribution >= 4 is 11.6 Å². The third kappa shape index (κ3) is 2.65. The molecule has 3 N–H and O–H groups in total. The lowest BCUT2D eigenvalue weighted by Crippen LogP contribution is -2.37. The maximum Gasteiger partial charge on any atom is 0.231 e. The van der Waals surface area contributed by atoms with E-state index in [0.29, 0.717) is 24.7 Å². The number of nitrogens with two attached hydrogens (primary N) is 1. The molecule has 21 heavy (non-hydrogen) atoms. The summed E-state index contributed by atoms with van der Waals surface area (Å²) in [5.74, 6) is 0.241. The Bertz CT molecular complexity index is 654. The Morgan fingerprint density at radius 2 is 2.24 bits per heavy atom. The average molecular weight is 287 g/mol. The van der Waals surface area contributed by atoms with Crippen LogP contribution in [0.2, 0.25) is 0 Å². The Labute approximate surface area is 122 Å². The summed E-state index contributed by atoms with van der Waals surface area (Å²) in [6.07, 6.45) is 1.62. The molecule has 3 rings (SSSR count). The second kappa shape index (κ2) is 5.63. The molecule has 0 radical (unpaired) electrons. The van der Waals surface area contributed by atoms with Gasteiger partial charge in [0.05, 0.1) is 24.8 Å². The van der Waals surface area contributed by atoms with E-state index in [-0.39, 0.29) is 17.9 Å². The first-order chi connectivity index (χ1) is 10.2. The van der Waals surface area contributed by atoms with Crippen molar-refractivity contribution in [2.45, 2.75) is 6.04 Å². The lowest BCUT2D eigenvalue weighted by molar-refractivity contribution is -0.120. The van der Waals surface area contributed by atoms with Crippen molar-refractivity contribution in [1.82, 2.24) is 14.8 Å². The van der Waals surface area contributed by atoms with Gasteiger partial charge in [-0.25, -0.2) is 0 Å². The van der Waals surface area contributed by atoms with Crippen LogP contribution in [-0.4, -0.2) is 39.9 Å². The van der Waals surface area contributed by atoms with E-state index in [1.807, 2.05) is 31.3 Å². The number of hydrogen-bond donors (Lipinski definition) is 2. The fraction of sp³-hybridized carbons (Fsp3) is 0.357. The van der Waals surface area contributed by atoms with E-state index in [1.165, 1.54) is 0 Å². The SMILES string of the molecule is Cn1cnnc1-c1ccccc1NC(=O)C1COCC1N. The highest BCUT2D eigenvalue weighted by molar-refractivity contribution is 5.96. The Morgan fingerprint density at radius 1 is 1.43 bits per heavy atom. The van der Waals surface area contributed by atoms with Gasteiger partial charge in [-0.1, -0.05) is 12.1 Å². The highest BCUT2D eigenvalue weighted by Gasteiger charge is 2.31. The number of rotatable bonds is 3. The molecule has 0 aliphatic carbocycles. The van der Waals surface area contributed by atoms with Crippen LogP contribution in [0.3, 0.4) is 0 Å². The van der Waals surface area contributed by atoms with Gasteiger partial charge in [0.15, 0.2) is 5.82 Å². The molecule has 7 nitrogen and oxygen atoms in total. The van der Waals surface area contributed by atoms with E-state index in [9.17, 15) is 4.79 Å². The summed E-state index contributed by atoms with van der Waals surface area (Å²) in [5, 5.41) is 10.9. The number of hydrogen-bond acceptors (Lipinski definition) is 5. The molecule has 1 amide bonds. The van der Waals surface area contributed by atoms with Crippen LogP contribution in [-0.2, 0) is 16.6 Å². The number of benzene rings is 1. The molecule has 2 atom stereocenters. The summed E-state index contributed by atoms with van der Waals surface area (Å²) < 4.78 is 7.04. The normalized spacial score (nSPS) is 21.4. The van der Waals surface area contributed by atoms with E-state index in [1.54, 1.807) is 10.9 Å². The van der Waals surface area contributed by atoms with Gasteiger partial charge in [-0.3, -0.25) is 4.79 Å². The van der Waals surface area contributed by atoms with Crippen LogP contribution in [0.1, 0.15) is 0 Å². The van der Waals surface area contributed by atoms with E-state index < -0.39 is 0 Å². The number of nitrogens with one attached hydrogen (secondary N) is 1. The second-order valence-corrected chi connectivity index (χ2v) is 5.11. The number of anilines is 1. The van der Waals surface area contributed by atoms with Crippen molar-refractivity contribution in [3.63, 3.8) is 0 Å². The zero-order chi connectivity index (χ0) is 14.8. The third-order valence-electron chi connectivity index (χ3n) is 3.60. The number of amides is 1. The van der Waals surface area contributed by atoms with Crippen LogP contribution in [0, 0.1) is 5.92 Å². The van der Waals surface area contributed by atoms with Crippen LogP contribution < -0.4 is 11.1 Å². The fourth-order valence-corrected chi connectivity index (χ4v) is 2.38. The zero-order valence-electron chi connectivity index (χ0n) is 11.7. The van der Waals surface area contributed by atoms with Gasteiger partial charge in [0, 0.05) is 18.7 Å². The number of para-hydroxylation sites is 1. The monoisotopic (exact) mass is 287 g/mol. The minimum Gasteiger partial charge on any atom is -0.379 e. The predicted molar refractivity (Wildman–Crippen MR) is 77.4 cm³/mol. The minimum absolute atomic E-state index is 0.130. The van der Waals surface area contributed by atoms with Crippen molar-refractivity contribution in [2.24, 2.45) is 18.7 Å². The molecule has 1 fully saturated rings. The summed E-state index contributed by atoms with van der Waals surface area (Å²) in [6.45, 7) is 0.780. The Hall–Kier alpha value is -2.25. The van der Waals surface area contributed by atoms with Crippen LogP contribution in [0.25, 0.3) is 11.4 Å². The molecular weight excluding hydrogens is 270 g/mol. The third-order valence-corrected chi connectivity index (χ3v) is 3.60. The van der Waals surface area contributed by atoms with E-state index in [4.69, 9.17) is 10.5 Å². The van der Waals surface area contributed by atoms with E-state index in [2.05, 4.69) is 15.5 Å². The second-order valence-electron chi connectivity index (χ2n) is 5.11. The van der Waals surface area contributed by atoms with Gasteiger partial charge in [0.1, 0.15) is 6.33 Å². The van der Waals surface area contributed by atoms with Crippen LogP contribution >= 0.6 is 0 Å². The highest BCUT2D eigenvalue weighted by atomic mass is 16.5. The van der Waals surface area contributed by atoms with Gasteiger partial charge in [0.2, 0.25) is 5.91 Å². The van der Waals surface area contributed by atoms with Crippen LogP contribution in [0.4, 0.5) is 5.69 Å². The maximum atomic E-state index is 12.3. The minimum atomic E-state index is -0.322. The summed E-state index contributed by atoms with van der Waals surface area (Å²) in [7, 11) is 1.86. The summed E-state index contributed by atoms with van der Waals surface area (Å²) in [4.78, 5) is 12.3. The molecule has 0 spiro atoms. The van der Waals surface area contributed by atoms with Crippen molar-refractivity contribution < 1.29 is 9.53 Å². The topological polar surface area (TPSA) is 95.1 Å². The lowest BCUT2D eigenvalue weighted by atomic mass is 10.0. The molecule has 0 saturated carbocycles. The average Bonchev–Trinajstić information content (AvgIpc) is 3.08. The Balaban J connectivity index is 1.86. The predicted octanol–water partition coefficient (Wildman–Crippen LogP) is 0.394. The zero-order valence-corrected chi connectivity index (χ0v) is 11.7. The molecule has 0 bridgehead atoms. The summed E-state index contributed by atoms with van der Waals surface area (Å²) >= 11 is 0. The standard InChI is InChI=1S/C14H17N5O2/c1-19-8-16-18-13(19)9-4-2-3-5-12(9)17-14(20)10-6-21-7-11(10)15/h2-5,8,10-11H,6-7,15H2,1H3,(H,17,20). The molecular formula is C14H17N5O2. The molecule has 1 saturated heterocycles. The Morgan fingerprint density at radius 3 is 2.90 bits per heavy atom. The van der Waals surface area contributed by atoms with Gasteiger partial charge in [-0.05, 0) is 12.1 Å². The van der Waals surface area contributed by atoms with Gasteiger partial charge < -0.3 is 20.4 Å². The van der Waals surface area contributed by atoms with Crippen molar-refractivity contribution in [3.05, 3.63) is 30.6 Å². The quantitative estimate of drug-likeness (QED) is 0.851. The van der Waals surface area contributed by atoms with Crippen molar-refractivity contribution in [3.8, 4) is 11.4 Å². The largest absolute Gasteiger partial charge is 0.379 e. The fourth-order valence-electron chi connectivity index (χ4n) is 2.38. The van der Waals surface area contributed by atoms with Gasteiger partial charge in [-0.15, -0.1) is 10.2 Å². The number of aromatic nitrogens is 3. The summed E-state index contributed by atoms with van der Waals surface area (Å²) in [6, 6.07) is 7.23. The van der Waals surface area contributed by atoms with E-state index in [0.717, 1.165) is 5.56 Å². The number of carbonyl (C=O) groups excluding carboxylic acids is 1. The smallest absolute Gasteiger partial charge is 0.231 e. The number of nitrogens with zero attached hydrogens (tertiary/aromatic N) is 3. The Kier molecular flexibility index (Phi) is 3.68. The lowest BCUT2D eigenvalue weighted by Gasteiger charge is -2.15. The molecule has 7 heteroatoms. The first kappa shape index (κ1) is 13.7. The summed E-state index contributed by atoms with van der Waals surface area (Å²) in [5.41, 5.74) is 7.39. The molecule has 2 aromatic rings. The molecule has 1 aromatic carbocycles. The van der Waals surface area contributed by atoms with E-state index >= 15 is 0 Å². The molecule has 2 unspecified atom stereocenters. The molecule has 1 aromatic heterocycles.